The summed E-state index contributed by atoms with van der Waals surface area (Å²) < 4.78 is 0. The zero-order valence-electron chi connectivity index (χ0n) is 7.28. The van der Waals surface area contributed by atoms with E-state index in [9.17, 15) is 0 Å². The Morgan fingerprint density at radius 3 is 3.00 bits per heavy atom. The smallest absolute Gasteiger partial charge is 0.145 e. The van der Waals surface area contributed by atoms with Gasteiger partial charge in [0.2, 0.25) is 0 Å². The first kappa shape index (κ1) is 7.79. The molecule has 4 heteroatoms. The van der Waals surface area contributed by atoms with Crippen LogP contribution in [-0.4, -0.2) is 22.0 Å². The first-order valence-corrected chi connectivity index (χ1v) is 4.03. The molecule has 0 atom stereocenters. The van der Waals surface area contributed by atoms with Crippen molar-refractivity contribution in [3.05, 3.63) is 30.7 Å². The third-order valence-corrected chi connectivity index (χ3v) is 1.76. The average Bonchev–Trinajstić information content (AvgIpc) is 2.71. The van der Waals surface area contributed by atoms with Gasteiger partial charge in [0, 0.05) is 13.2 Å². The number of nitrogens with zero attached hydrogens (tertiary/aromatic N) is 2. The molecule has 0 aliphatic carbocycles. The van der Waals surface area contributed by atoms with Crippen molar-refractivity contribution in [3.8, 4) is 11.4 Å². The molecular weight excluding hydrogens is 164 g/mol. The summed E-state index contributed by atoms with van der Waals surface area (Å²) in [6, 6.07) is 3.90. The van der Waals surface area contributed by atoms with Crippen LogP contribution >= 0.6 is 0 Å². The number of rotatable bonds is 2. The lowest BCUT2D eigenvalue weighted by molar-refractivity contribution is 1.18. The summed E-state index contributed by atoms with van der Waals surface area (Å²) in [5.41, 5.74) is 1.82. The summed E-state index contributed by atoms with van der Waals surface area (Å²) in [4.78, 5) is 11.5. The minimum Gasteiger partial charge on any atom is -0.372 e. The van der Waals surface area contributed by atoms with Crippen LogP contribution < -0.4 is 5.32 Å². The van der Waals surface area contributed by atoms with Crippen LogP contribution in [0, 0.1) is 0 Å². The standard InChI is InChI=1S/C9H10N4/c1-10-9-6-11-5-8(13-9)7-3-2-4-12-7/h2-6,12H,1H3,(H,10,13). The first-order chi connectivity index (χ1) is 6.40. The van der Waals surface area contributed by atoms with Crippen molar-refractivity contribution in [2.45, 2.75) is 0 Å². The molecule has 2 rings (SSSR count). The average molecular weight is 174 g/mol. The van der Waals surface area contributed by atoms with Gasteiger partial charge >= 0.3 is 0 Å². The maximum atomic E-state index is 4.33. The number of anilines is 1. The number of nitrogens with one attached hydrogen (secondary N) is 2. The Morgan fingerprint density at radius 2 is 2.31 bits per heavy atom. The minimum absolute atomic E-state index is 0.770. The molecule has 0 aliphatic heterocycles. The van der Waals surface area contributed by atoms with Crippen LogP contribution in [0.3, 0.4) is 0 Å². The molecule has 0 saturated carbocycles. The van der Waals surface area contributed by atoms with Gasteiger partial charge in [-0.3, -0.25) is 4.98 Å². The fourth-order valence-corrected chi connectivity index (χ4v) is 1.11. The molecule has 0 unspecified atom stereocenters. The maximum absolute atomic E-state index is 4.33. The van der Waals surface area contributed by atoms with E-state index < -0.39 is 0 Å². The Hall–Kier alpha value is -1.84. The molecule has 0 spiro atoms. The second-order valence-electron chi connectivity index (χ2n) is 2.62. The topological polar surface area (TPSA) is 53.6 Å². The van der Waals surface area contributed by atoms with Crippen LogP contribution in [-0.2, 0) is 0 Å². The fraction of sp³-hybridized carbons (Fsp3) is 0.111. The lowest BCUT2D eigenvalue weighted by Crippen LogP contribution is -1.94. The normalized spacial score (nSPS) is 9.92. The summed E-state index contributed by atoms with van der Waals surface area (Å²) in [5, 5.41) is 2.94. The molecule has 2 N–H and O–H groups in total. The summed E-state index contributed by atoms with van der Waals surface area (Å²) in [6.45, 7) is 0. The Bertz CT molecular complexity index is 380. The van der Waals surface area contributed by atoms with Crippen molar-refractivity contribution >= 4 is 5.82 Å². The molecule has 0 bridgehead atoms. The second-order valence-corrected chi connectivity index (χ2v) is 2.62. The molecule has 13 heavy (non-hydrogen) atoms. The quantitative estimate of drug-likeness (QED) is 0.725. The third kappa shape index (κ3) is 1.51. The Kier molecular flexibility index (Phi) is 1.96. The molecule has 0 aliphatic rings. The van der Waals surface area contributed by atoms with E-state index in [4.69, 9.17) is 0 Å². The molecule has 2 aromatic rings. The fourth-order valence-electron chi connectivity index (χ4n) is 1.11. The number of hydrogen-bond acceptors (Lipinski definition) is 3. The van der Waals surface area contributed by atoms with Gasteiger partial charge in [-0.2, -0.15) is 0 Å². The van der Waals surface area contributed by atoms with Gasteiger partial charge in [-0.15, -0.1) is 0 Å². The van der Waals surface area contributed by atoms with E-state index in [2.05, 4.69) is 20.3 Å². The van der Waals surface area contributed by atoms with E-state index in [1.54, 1.807) is 12.4 Å². The van der Waals surface area contributed by atoms with Crippen molar-refractivity contribution in [2.75, 3.05) is 12.4 Å². The van der Waals surface area contributed by atoms with Gasteiger partial charge in [0.15, 0.2) is 0 Å². The molecule has 0 saturated heterocycles. The van der Waals surface area contributed by atoms with Crippen LogP contribution in [0.15, 0.2) is 30.7 Å². The molecular formula is C9H10N4. The van der Waals surface area contributed by atoms with E-state index in [1.807, 2.05) is 25.4 Å². The van der Waals surface area contributed by atoms with Crippen molar-refractivity contribution in [3.63, 3.8) is 0 Å². The zero-order valence-corrected chi connectivity index (χ0v) is 7.28. The van der Waals surface area contributed by atoms with Gasteiger partial charge in [-0.1, -0.05) is 0 Å². The molecule has 66 valence electrons. The molecule has 2 heterocycles. The number of H-pyrrole nitrogens is 1. The highest BCUT2D eigenvalue weighted by atomic mass is 15.0. The summed E-state index contributed by atoms with van der Waals surface area (Å²) in [5.74, 6) is 0.770. The van der Waals surface area contributed by atoms with Gasteiger partial charge in [0.1, 0.15) is 11.5 Å². The van der Waals surface area contributed by atoms with Crippen LogP contribution in [0.1, 0.15) is 0 Å². The lowest BCUT2D eigenvalue weighted by Gasteiger charge is -2.00. The van der Waals surface area contributed by atoms with Gasteiger partial charge in [-0.05, 0) is 12.1 Å². The number of aromatic nitrogens is 3. The number of hydrogen-bond donors (Lipinski definition) is 2. The zero-order chi connectivity index (χ0) is 9.10. The van der Waals surface area contributed by atoms with Crippen molar-refractivity contribution < 1.29 is 0 Å². The first-order valence-electron chi connectivity index (χ1n) is 4.03. The molecule has 0 fully saturated rings. The van der Waals surface area contributed by atoms with Gasteiger partial charge in [0.25, 0.3) is 0 Å². The van der Waals surface area contributed by atoms with Crippen LogP contribution in [0.2, 0.25) is 0 Å². The van der Waals surface area contributed by atoms with Gasteiger partial charge in [0.05, 0.1) is 18.1 Å². The van der Waals surface area contributed by atoms with Crippen LogP contribution in [0.25, 0.3) is 11.4 Å². The Labute approximate surface area is 76.1 Å². The minimum atomic E-state index is 0.770. The third-order valence-electron chi connectivity index (χ3n) is 1.76. The summed E-state index contributed by atoms with van der Waals surface area (Å²) in [7, 11) is 1.82. The maximum Gasteiger partial charge on any atom is 0.145 e. The highest BCUT2D eigenvalue weighted by Crippen LogP contribution is 2.14. The van der Waals surface area contributed by atoms with E-state index in [0.29, 0.717) is 0 Å². The summed E-state index contributed by atoms with van der Waals surface area (Å²) in [6.07, 6.45) is 5.28. The van der Waals surface area contributed by atoms with Gasteiger partial charge < -0.3 is 10.3 Å². The monoisotopic (exact) mass is 174 g/mol. The highest BCUT2D eigenvalue weighted by Gasteiger charge is 2.00. The predicted molar refractivity (Wildman–Crippen MR) is 51.4 cm³/mol. The lowest BCUT2D eigenvalue weighted by atomic mass is 10.3. The van der Waals surface area contributed by atoms with Crippen molar-refractivity contribution in [1.82, 2.24) is 15.0 Å². The second kappa shape index (κ2) is 3.26. The number of aromatic amines is 1. The SMILES string of the molecule is CNc1cncc(-c2ccc[nH]2)n1. The molecule has 0 amide bonds. The van der Waals surface area contributed by atoms with Gasteiger partial charge in [-0.25, -0.2) is 4.98 Å². The Balaban J connectivity index is 2.41. The van der Waals surface area contributed by atoms with E-state index in [-0.39, 0.29) is 0 Å². The predicted octanol–water partition coefficient (Wildman–Crippen LogP) is 1.51. The highest BCUT2D eigenvalue weighted by molar-refractivity contribution is 5.55. The molecule has 2 aromatic heterocycles. The van der Waals surface area contributed by atoms with Crippen molar-refractivity contribution in [1.29, 1.82) is 0 Å². The van der Waals surface area contributed by atoms with Crippen molar-refractivity contribution in [2.24, 2.45) is 0 Å². The van der Waals surface area contributed by atoms with E-state index >= 15 is 0 Å². The largest absolute Gasteiger partial charge is 0.372 e. The molecule has 4 nitrogen and oxygen atoms in total. The van der Waals surface area contributed by atoms with E-state index in [1.165, 1.54) is 0 Å². The molecule has 0 aromatic carbocycles. The van der Waals surface area contributed by atoms with Crippen LogP contribution in [0.4, 0.5) is 5.82 Å². The molecule has 0 radical (unpaired) electrons. The van der Waals surface area contributed by atoms with Crippen LogP contribution in [0.5, 0.6) is 0 Å². The Morgan fingerprint density at radius 1 is 1.38 bits per heavy atom. The van der Waals surface area contributed by atoms with E-state index in [0.717, 1.165) is 17.2 Å². The summed E-state index contributed by atoms with van der Waals surface area (Å²) >= 11 is 0.